The van der Waals surface area contributed by atoms with Crippen LogP contribution in [0.25, 0.3) is 0 Å². The Morgan fingerprint density at radius 3 is 1.03 bits per heavy atom. The van der Waals surface area contributed by atoms with Crippen LogP contribution in [0.3, 0.4) is 0 Å². The van der Waals surface area contributed by atoms with Gasteiger partial charge in [-0.25, -0.2) is 0 Å². The summed E-state index contributed by atoms with van der Waals surface area (Å²) in [5.41, 5.74) is 0. The van der Waals surface area contributed by atoms with Crippen LogP contribution >= 0.6 is 62.8 Å². The summed E-state index contributed by atoms with van der Waals surface area (Å²) in [6, 6.07) is 0. The second kappa shape index (κ2) is 51.5. The number of unbranched alkanes of at least 4 members (excludes halogenated alkanes) is 22. The fourth-order valence-corrected chi connectivity index (χ4v) is 14.1. The number of aliphatic hydroxyl groups is 2. The van der Waals surface area contributed by atoms with Gasteiger partial charge in [0, 0.05) is 49.2 Å². The van der Waals surface area contributed by atoms with Gasteiger partial charge in [-0.1, -0.05) is 198 Å². The lowest BCUT2D eigenvalue weighted by Crippen LogP contribution is -2.35. The zero-order valence-corrected chi connectivity index (χ0v) is 42.8. The average Bonchev–Trinajstić information content (AvgIpc) is 3.23. The summed E-state index contributed by atoms with van der Waals surface area (Å²) in [6.07, 6.45) is 34.4. The Balaban J connectivity index is 4.04. The molecule has 59 heavy (non-hydrogen) atoms. The molecule has 0 aliphatic rings. The molecule has 2 N–H and O–H groups in total. The SMILES string of the molecule is CCCCCCCCCCCCCCSSSCCOC(=O)CCN(CCCN(CCO)CCO)CCC(=O)OCCSSSCCCCCCCCCCCCCC. The molecule has 14 heteroatoms. The second-order valence-corrected chi connectivity index (χ2v) is 24.6. The van der Waals surface area contributed by atoms with Gasteiger partial charge in [-0.05, 0) is 52.0 Å². The fraction of sp³-hybridized carbons (Fsp3) is 0.956. The van der Waals surface area contributed by atoms with Crippen LogP contribution in [0, 0.1) is 0 Å². The van der Waals surface area contributed by atoms with Crippen molar-refractivity contribution < 1.29 is 29.3 Å². The maximum absolute atomic E-state index is 12.6. The molecular weight excluding hydrogens is 857 g/mol. The predicted octanol–water partition coefficient (Wildman–Crippen LogP) is 13.3. The summed E-state index contributed by atoms with van der Waals surface area (Å²) in [7, 11) is 10.9. The minimum absolute atomic E-state index is 0.0469. The van der Waals surface area contributed by atoms with Crippen molar-refractivity contribution in [2.24, 2.45) is 0 Å². The third-order valence-electron chi connectivity index (χ3n) is 10.3. The van der Waals surface area contributed by atoms with Crippen LogP contribution in [-0.4, -0.2) is 121 Å². The molecule has 0 spiro atoms. The Labute approximate surface area is 387 Å². The molecule has 0 aliphatic carbocycles. The Morgan fingerprint density at radius 1 is 0.390 bits per heavy atom. The number of aliphatic hydroxyl groups excluding tert-OH is 2. The molecule has 0 saturated carbocycles. The molecule has 0 bridgehead atoms. The summed E-state index contributed by atoms with van der Waals surface area (Å²) < 4.78 is 11.0. The summed E-state index contributed by atoms with van der Waals surface area (Å²) >= 11 is 0. The average molecular weight is 948 g/mol. The third kappa shape index (κ3) is 48.2. The largest absolute Gasteiger partial charge is 0.465 e. The normalized spacial score (nSPS) is 11.6. The minimum atomic E-state index is -0.208. The van der Waals surface area contributed by atoms with Gasteiger partial charge in [0.25, 0.3) is 0 Å². The molecular formula is C45H90N2O6S6. The van der Waals surface area contributed by atoms with Crippen LogP contribution in [0.15, 0.2) is 0 Å². The monoisotopic (exact) mass is 947 g/mol. The van der Waals surface area contributed by atoms with E-state index in [-0.39, 0.29) is 38.0 Å². The van der Waals surface area contributed by atoms with Gasteiger partial charge in [0.2, 0.25) is 0 Å². The standard InChI is InChI=1S/C45H90N2O6S6/c1-3-5-7-9-11-13-15-17-19-21-23-25-40-54-58-56-42-38-52-44(50)28-32-46(30-27-31-47(34-36-48)35-37-49)33-29-45(51)53-39-43-57-59-55-41-26-24-22-20-18-16-14-12-10-8-6-4-2/h48-49H,3-43H2,1-2H3. The van der Waals surface area contributed by atoms with E-state index >= 15 is 0 Å². The maximum atomic E-state index is 12.6. The lowest BCUT2D eigenvalue weighted by molar-refractivity contribution is -0.143. The van der Waals surface area contributed by atoms with Gasteiger partial charge in [-0.15, -0.1) is 0 Å². The van der Waals surface area contributed by atoms with E-state index in [0.717, 1.165) is 24.5 Å². The van der Waals surface area contributed by atoms with Crippen molar-refractivity contribution in [2.75, 3.05) is 88.7 Å². The first-order valence-electron chi connectivity index (χ1n) is 23.9. The predicted molar refractivity (Wildman–Crippen MR) is 270 cm³/mol. The van der Waals surface area contributed by atoms with E-state index in [0.29, 0.717) is 45.9 Å². The van der Waals surface area contributed by atoms with Crippen molar-refractivity contribution in [3.05, 3.63) is 0 Å². The molecule has 0 atom stereocenters. The van der Waals surface area contributed by atoms with Gasteiger partial charge in [0.15, 0.2) is 0 Å². The Kier molecular flexibility index (Phi) is 52.3. The number of carbonyl (C=O) groups excluding carboxylic acids is 2. The highest BCUT2D eigenvalue weighted by Gasteiger charge is 2.14. The fourth-order valence-electron chi connectivity index (χ4n) is 6.70. The number of rotatable bonds is 50. The number of carbonyl (C=O) groups is 2. The molecule has 0 rings (SSSR count). The van der Waals surface area contributed by atoms with E-state index in [1.807, 2.05) is 26.5 Å². The molecule has 0 heterocycles. The number of esters is 2. The molecule has 0 aromatic heterocycles. The van der Waals surface area contributed by atoms with E-state index in [2.05, 4.69) is 18.7 Å². The topological polar surface area (TPSA) is 99.5 Å². The zero-order chi connectivity index (χ0) is 43.0. The van der Waals surface area contributed by atoms with Crippen molar-refractivity contribution >= 4 is 74.8 Å². The van der Waals surface area contributed by atoms with Crippen LogP contribution in [0.1, 0.15) is 187 Å². The van der Waals surface area contributed by atoms with Crippen LogP contribution in [0.4, 0.5) is 0 Å². The first-order valence-corrected chi connectivity index (χ1v) is 31.5. The molecule has 0 fully saturated rings. The van der Waals surface area contributed by atoms with Crippen LogP contribution in [0.2, 0.25) is 0 Å². The van der Waals surface area contributed by atoms with Crippen LogP contribution in [0.5, 0.6) is 0 Å². The Hall–Kier alpha value is 0.880. The molecule has 0 aliphatic heterocycles. The van der Waals surface area contributed by atoms with Gasteiger partial charge < -0.3 is 24.6 Å². The summed E-state index contributed by atoms with van der Waals surface area (Å²) in [4.78, 5) is 29.3. The van der Waals surface area contributed by atoms with Gasteiger partial charge >= 0.3 is 11.9 Å². The summed E-state index contributed by atoms with van der Waals surface area (Å²) in [5.74, 6) is 3.48. The third-order valence-corrected chi connectivity index (χ3v) is 18.8. The molecule has 0 saturated heterocycles. The summed E-state index contributed by atoms with van der Waals surface area (Å²) in [5, 5.41) is 18.7. The van der Waals surface area contributed by atoms with Gasteiger partial charge in [0.1, 0.15) is 13.2 Å². The molecule has 8 nitrogen and oxygen atoms in total. The van der Waals surface area contributed by atoms with E-state index in [1.54, 1.807) is 41.2 Å². The van der Waals surface area contributed by atoms with E-state index in [4.69, 9.17) is 9.47 Å². The molecule has 0 amide bonds. The van der Waals surface area contributed by atoms with E-state index in [1.165, 1.54) is 166 Å². The highest BCUT2D eigenvalue weighted by molar-refractivity contribution is 9.09. The quantitative estimate of drug-likeness (QED) is 0.0344. The zero-order valence-electron chi connectivity index (χ0n) is 37.9. The molecule has 0 aromatic rings. The molecule has 0 unspecified atom stereocenters. The Morgan fingerprint density at radius 2 is 0.695 bits per heavy atom. The highest BCUT2D eigenvalue weighted by atomic mass is 33.5. The number of nitrogens with zero attached hydrogens (tertiary/aromatic N) is 2. The molecule has 0 aromatic carbocycles. The van der Waals surface area contributed by atoms with Crippen molar-refractivity contribution in [2.45, 2.75) is 187 Å². The van der Waals surface area contributed by atoms with Crippen LogP contribution < -0.4 is 0 Å². The maximum Gasteiger partial charge on any atom is 0.307 e. The lowest BCUT2D eigenvalue weighted by Gasteiger charge is -2.24. The molecule has 0 radical (unpaired) electrons. The molecule has 352 valence electrons. The second-order valence-electron chi connectivity index (χ2n) is 15.6. The number of ether oxygens (including phenoxy) is 2. The van der Waals surface area contributed by atoms with Crippen molar-refractivity contribution in [1.82, 2.24) is 9.80 Å². The Bertz CT molecular complexity index is 810. The van der Waals surface area contributed by atoms with Gasteiger partial charge in [-0.3, -0.25) is 14.5 Å². The number of hydrogen-bond acceptors (Lipinski definition) is 14. The number of hydrogen-bond donors (Lipinski definition) is 2. The van der Waals surface area contributed by atoms with Gasteiger partial charge in [-0.2, -0.15) is 0 Å². The summed E-state index contributed by atoms with van der Waals surface area (Å²) in [6.45, 7) is 8.97. The van der Waals surface area contributed by atoms with Crippen molar-refractivity contribution in [3.8, 4) is 0 Å². The van der Waals surface area contributed by atoms with Crippen molar-refractivity contribution in [1.29, 1.82) is 0 Å². The van der Waals surface area contributed by atoms with Crippen LogP contribution in [-0.2, 0) is 19.1 Å². The minimum Gasteiger partial charge on any atom is -0.465 e. The lowest BCUT2D eigenvalue weighted by atomic mass is 10.1. The highest BCUT2D eigenvalue weighted by Crippen LogP contribution is 2.35. The first kappa shape index (κ1) is 59.9. The van der Waals surface area contributed by atoms with Crippen molar-refractivity contribution in [3.63, 3.8) is 0 Å². The van der Waals surface area contributed by atoms with Gasteiger partial charge in [0.05, 0.1) is 26.1 Å². The first-order chi connectivity index (χ1) is 29.1. The van der Waals surface area contributed by atoms with E-state index < -0.39 is 0 Å². The van der Waals surface area contributed by atoms with E-state index in [9.17, 15) is 19.8 Å². The smallest absolute Gasteiger partial charge is 0.307 e.